The fourth-order valence-electron chi connectivity index (χ4n) is 0.694. The molecule has 10 heteroatoms. The van der Waals surface area contributed by atoms with E-state index in [4.69, 9.17) is 34.8 Å². The average molecular weight is 436 g/mol. The second-order valence-electron chi connectivity index (χ2n) is 2.88. The van der Waals surface area contributed by atoms with Crippen LogP contribution >= 0.6 is 68.7 Å². The highest BCUT2D eigenvalue weighted by molar-refractivity contribution is 14.1. The molecule has 0 spiro atoms. The summed E-state index contributed by atoms with van der Waals surface area (Å²) in [5, 5.41) is 6.62. The van der Waals surface area contributed by atoms with Crippen molar-refractivity contribution in [3.63, 3.8) is 0 Å². The molecule has 1 aromatic rings. The van der Waals surface area contributed by atoms with Gasteiger partial charge in [0.1, 0.15) is 0 Å². The number of aromatic nitrogens is 2. The first-order valence-electron chi connectivity index (χ1n) is 3.90. The van der Waals surface area contributed by atoms with Crippen LogP contribution in [0.25, 0.3) is 0 Å². The van der Waals surface area contributed by atoms with Crippen molar-refractivity contribution in [1.29, 1.82) is 0 Å². The van der Waals surface area contributed by atoms with Crippen LogP contribution < -0.4 is 0 Å². The number of hydrogen-bond acceptors (Lipinski definition) is 5. The maximum absolute atomic E-state index is 11.9. The SMILES string of the molecule is CC(CI)S(=O)(=O)c1nnc(C(Cl)(Cl)Cl)s1. The molecule has 0 aliphatic rings. The largest absolute Gasteiger partial charge is 0.243 e. The van der Waals surface area contributed by atoms with Crippen molar-refractivity contribution in [2.75, 3.05) is 4.43 Å². The molecule has 0 aliphatic carbocycles. The molecule has 1 aromatic heterocycles. The van der Waals surface area contributed by atoms with Crippen molar-refractivity contribution in [3.8, 4) is 0 Å². The van der Waals surface area contributed by atoms with Crippen LogP contribution in [0.3, 0.4) is 0 Å². The van der Waals surface area contributed by atoms with Gasteiger partial charge >= 0.3 is 0 Å². The van der Waals surface area contributed by atoms with E-state index in [0.717, 1.165) is 11.3 Å². The number of halogens is 4. The van der Waals surface area contributed by atoms with Crippen LogP contribution in [0.1, 0.15) is 11.9 Å². The lowest BCUT2D eigenvalue weighted by molar-refractivity contribution is 0.586. The zero-order valence-corrected chi connectivity index (χ0v) is 13.9. The average Bonchev–Trinajstić information content (AvgIpc) is 2.64. The molecule has 0 bridgehead atoms. The molecule has 0 saturated carbocycles. The summed E-state index contributed by atoms with van der Waals surface area (Å²) < 4.78 is 22.4. The monoisotopic (exact) mass is 434 g/mol. The molecule has 0 radical (unpaired) electrons. The van der Waals surface area contributed by atoms with Gasteiger partial charge in [-0.2, -0.15) is 0 Å². The summed E-state index contributed by atoms with van der Waals surface area (Å²) in [5.74, 6) is 0. The van der Waals surface area contributed by atoms with Gasteiger partial charge in [0, 0.05) is 4.43 Å². The lowest BCUT2D eigenvalue weighted by Gasteiger charge is -2.05. The second kappa shape index (κ2) is 5.40. The minimum absolute atomic E-state index is 0.0525. The van der Waals surface area contributed by atoms with Gasteiger partial charge in [0.15, 0.2) is 5.01 Å². The van der Waals surface area contributed by atoms with E-state index in [1.54, 1.807) is 6.92 Å². The summed E-state index contributed by atoms with van der Waals surface area (Å²) in [5.41, 5.74) is 0. The minimum atomic E-state index is -3.47. The Kier molecular flexibility index (Phi) is 5.11. The molecule has 4 nitrogen and oxygen atoms in total. The number of nitrogens with zero attached hydrogens (tertiary/aromatic N) is 2. The number of rotatable bonds is 3. The Hall–Kier alpha value is 1.11. The van der Waals surface area contributed by atoms with Gasteiger partial charge in [-0.1, -0.05) is 68.7 Å². The molecule has 1 unspecified atom stereocenters. The third-order valence-corrected chi connectivity index (χ3v) is 8.01. The summed E-state index contributed by atoms with van der Waals surface area (Å²) in [6.45, 7) is 1.60. The van der Waals surface area contributed by atoms with Crippen molar-refractivity contribution in [3.05, 3.63) is 5.01 Å². The lowest BCUT2D eigenvalue weighted by atomic mass is 10.6. The van der Waals surface area contributed by atoms with E-state index in [1.165, 1.54) is 0 Å². The van der Waals surface area contributed by atoms with Gasteiger partial charge in [0.05, 0.1) is 5.25 Å². The van der Waals surface area contributed by atoms with Crippen molar-refractivity contribution >= 4 is 78.6 Å². The Morgan fingerprint density at radius 3 is 2.38 bits per heavy atom. The zero-order valence-electron chi connectivity index (χ0n) is 7.82. The van der Waals surface area contributed by atoms with E-state index in [2.05, 4.69) is 10.2 Å². The molecule has 0 amide bonds. The first-order valence-corrected chi connectivity index (χ1v) is 8.92. The van der Waals surface area contributed by atoms with Crippen LogP contribution in [-0.4, -0.2) is 28.3 Å². The normalized spacial score (nSPS) is 15.1. The van der Waals surface area contributed by atoms with Gasteiger partial charge in [-0.25, -0.2) is 8.42 Å². The number of hydrogen-bond donors (Lipinski definition) is 0. The van der Waals surface area contributed by atoms with Gasteiger partial charge in [0.25, 0.3) is 0 Å². The second-order valence-corrected chi connectivity index (χ2v) is 9.56. The standard InChI is InChI=1S/C6H6Cl3IN2O2S2/c1-3(2-10)16(13,14)5-12-11-4(15-5)6(7,8)9/h3H,2H2,1H3. The van der Waals surface area contributed by atoms with Crippen LogP contribution in [0.15, 0.2) is 4.34 Å². The molecule has 0 fully saturated rings. The Labute approximate surface area is 126 Å². The zero-order chi connectivity index (χ0) is 12.6. The van der Waals surface area contributed by atoms with Gasteiger partial charge in [-0.05, 0) is 6.92 Å². The third kappa shape index (κ3) is 3.32. The summed E-state index contributed by atoms with van der Waals surface area (Å²) >= 11 is 19.5. The lowest BCUT2D eigenvalue weighted by Crippen LogP contribution is -2.19. The highest BCUT2D eigenvalue weighted by atomic mass is 127. The quantitative estimate of drug-likeness (QED) is 0.541. The Morgan fingerprint density at radius 2 is 2.00 bits per heavy atom. The van der Waals surface area contributed by atoms with Gasteiger partial charge in [-0.15, -0.1) is 10.2 Å². The topological polar surface area (TPSA) is 59.9 Å². The Balaban J connectivity index is 3.13. The molecule has 1 heterocycles. The molecular weight excluding hydrogens is 429 g/mol. The van der Waals surface area contributed by atoms with Crippen molar-refractivity contribution in [2.45, 2.75) is 20.3 Å². The first-order chi connectivity index (χ1) is 7.19. The van der Waals surface area contributed by atoms with Crippen LogP contribution in [0.4, 0.5) is 0 Å². The Morgan fingerprint density at radius 1 is 1.44 bits per heavy atom. The molecule has 92 valence electrons. The van der Waals surface area contributed by atoms with E-state index < -0.39 is 18.9 Å². The van der Waals surface area contributed by atoms with E-state index in [9.17, 15) is 8.42 Å². The van der Waals surface area contributed by atoms with Crippen LogP contribution in [0.5, 0.6) is 0 Å². The van der Waals surface area contributed by atoms with Crippen molar-refractivity contribution in [2.24, 2.45) is 0 Å². The molecule has 1 rings (SSSR count). The number of sulfone groups is 1. The highest BCUT2D eigenvalue weighted by Gasteiger charge is 2.33. The predicted molar refractivity (Wildman–Crippen MR) is 74.7 cm³/mol. The fraction of sp³-hybridized carbons (Fsp3) is 0.667. The molecule has 1 atom stereocenters. The maximum Gasteiger partial charge on any atom is 0.243 e. The van der Waals surface area contributed by atoms with Gasteiger partial charge < -0.3 is 0 Å². The summed E-state index contributed by atoms with van der Waals surface area (Å²) in [6, 6.07) is 0. The molecule has 0 aromatic carbocycles. The molecule has 0 N–H and O–H groups in total. The molecule has 16 heavy (non-hydrogen) atoms. The molecule has 0 saturated heterocycles. The fourth-order valence-corrected chi connectivity index (χ4v) is 4.88. The van der Waals surface area contributed by atoms with E-state index >= 15 is 0 Å². The van der Waals surface area contributed by atoms with E-state index in [1.807, 2.05) is 22.6 Å². The van der Waals surface area contributed by atoms with Crippen LogP contribution in [-0.2, 0) is 13.6 Å². The van der Waals surface area contributed by atoms with Gasteiger partial charge in [0.2, 0.25) is 18.0 Å². The van der Waals surface area contributed by atoms with E-state index in [-0.39, 0.29) is 9.35 Å². The van der Waals surface area contributed by atoms with Crippen molar-refractivity contribution < 1.29 is 8.42 Å². The van der Waals surface area contributed by atoms with E-state index in [0.29, 0.717) is 4.43 Å². The van der Waals surface area contributed by atoms with Crippen molar-refractivity contribution in [1.82, 2.24) is 10.2 Å². The van der Waals surface area contributed by atoms with Crippen LogP contribution in [0, 0.1) is 0 Å². The first kappa shape index (κ1) is 15.2. The molecule has 0 aliphatic heterocycles. The van der Waals surface area contributed by atoms with Crippen LogP contribution in [0.2, 0.25) is 0 Å². The summed E-state index contributed by atoms with van der Waals surface area (Å²) in [4.78, 5) is 0. The highest BCUT2D eigenvalue weighted by Crippen LogP contribution is 2.40. The third-order valence-electron chi connectivity index (χ3n) is 1.64. The predicted octanol–water partition coefficient (Wildman–Crippen LogP) is 2.96. The molecular formula is C6H6Cl3IN2O2S2. The maximum atomic E-state index is 11.9. The minimum Gasteiger partial charge on any atom is -0.221 e. The Bertz CT molecular complexity index is 470. The summed E-state index contributed by atoms with van der Waals surface area (Å²) in [7, 11) is -3.47. The summed E-state index contributed by atoms with van der Waals surface area (Å²) in [6.07, 6.45) is 0. The number of alkyl halides is 4. The smallest absolute Gasteiger partial charge is 0.221 e. The van der Waals surface area contributed by atoms with Gasteiger partial charge in [-0.3, -0.25) is 0 Å².